The van der Waals surface area contributed by atoms with E-state index < -0.39 is 0 Å². The summed E-state index contributed by atoms with van der Waals surface area (Å²) in [5, 5.41) is 0.742. The van der Waals surface area contributed by atoms with Crippen LogP contribution in [0.15, 0.2) is 18.2 Å². The Kier molecular flexibility index (Phi) is 2.70. The van der Waals surface area contributed by atoms with Crippen LogP contribution < -0.4 is 0 Å². The average Bonchev–Trinajstić information content (AvgIpc) is 2.17. The van der Waals surface area contributed by atoms with Crippen molar-refractivity contribution in [2.75, 3.05) is 0 Å². The third-order valence-electron chi connectivity index (χ3n) is 2.79. The van der Waals surface area contributed by atoms with Gasteiger partial charge in [0.05, 0.1) is 6.42 Å². The molecular weight excluding hydrogens is 210 g/mol. The fourth-order valence-electron chi connectivity index (χ4n) is 1.92. The fraction of sp³-hybridized carbons (Fsp3) is 0.417. The molecule has 0 fully saturated rings. The van der Waals surface area contributed by atoms with Crippen molar-refractivity contribution in [3.8, 4) is 0 Å². The minimum absolute atomic E-state index is 0.208. The van der Waals surface area contributed by atoms with Crippen LogP contribution in [0.25, 0.3) is 0 Å². The summed E-state index contributed by atoms with van der Waals surface area (Å²) in [7, 11) is 0. The smallest absolute Gasteiger partial charge is 0.227 e. The van der Waals surface area contributed by atoms with E-state index in [1.165, 1.54) is 5.56 Å². The molecule has 0 atom stereocenters. The van der Waals surface area contributed by atoms with E-state index in [2.05, 4.69) is 0 Å². The molecule has 2 rings (SSSR count). The van der Waals surface area contributed by atoms with E-state index in [1.807, 2.05) is 36.9 Å². The van der Waals surface area contributed by atoms with E-state index in [4.69, 9.17) is 11.6 Å². The van der Waals surface area contributed by atoms with Gasteiger partial charge in [0.2, 0.25) is 5.91 Å². The van der Waals surface area contributed by atoms with Crippen molar-refractivity contribution in [1.29, 1.82) is 0 Å². The number of nitrogens with zero attached hydrogens (tertiary/aromatic N) is 1. The molecule has 0 saturated carbocycles. The van der Waals surface area contributed by atoms with Gasteiger partial charge in [0.1, 0.15) is 0 Å². The summed E-state index contributed by atoms with van der Waals surface area (Å²) in [6.07, 6.45) is 0.505. The molecule has 0 unspecified atom stereocenters. The first-order valence-electron chi connectivity index (χ1n) is 5.14. The topological polar surface area (TPSA) is 20.3 Å². The molecule has 80 valence electrons. The quantitative estimate of drug-likeness (QED) is 0.717. The minimum atomic E-state index is 0.208. The molecule has 0 saturated heterocycles. The van der Waals surface area contributed by atoms with Gasteiger partial charge in [0.25, 0.3) is 0 Å². The molecule has 1 aliphatic rings. The molecule has 0 aromatic heterocycles. The summed E-state index contributed by atoms with van der Waals surface area (Å²) in [6.45, 7) is 4.76. The highest BCUT2D eigenvalue weighted by molar-refractivity contribution is 6.30. The maximum absolute atomic E-state index is 11.8. The molecule has 0 N–H and O–H groups in total. The first kappa shape index (κ1) is 10.5. The second kappa shape index (κ2) is 3.86. The van der Waals surface area contributed by atoms with Crippen LogP contribution in [0.3, 0.4) is 0 Å². The summed E-state index contributed by atoms with van der Waals surface area (Å²) >= 11 is 5.94. The molecule has 1 aliphatic heterocycles. The number of benzene rings is 1. The lowest BCUT2D eigenvalue weighted by Gasteiger charge is -2.32. The number of amides is 1. The Balaban J connectivity index is 2.34. The predicted octanol–water partition coefficient (Wildman–Crippen LogP) is 2.63. The van der Waals surface area contributed by atoms with E-state index in [0.29, 0.717) is 13.0 Å². The first-order valence-corrected chi connectivity index (χ1v) is 5.52. The van der Waals surface area contributed by atoms with E-state index in [0.717, 1.165) is 10.6 Å². The Bertz CT molecular complexity index is 401. The molecule has 0 spiro atoms. The minimum Gasteiger partial charge on any atom is -0.336 e. The number of carbonyl (C=O) groups is 1. The second-order valence-electron chi connectivity index (χ2n) is 4.21. The van der Waals surface area contributed by atoms with Crippen molar-refractivity contribution in [3.05, 3.63) is 34.3 Å². The van der Waals surface area contributed by atoms with Crippen LogP contribution in [0.5, 0.6) is 0 Å². The van der Waals surface area contributed by atoms with Gasteiger partial charge in [-0.1, -0.05) is 17.7 Å². The third-order valence-corrected chi connectivity index (χ3v) is 3.03. The maximum Gasteiger partial charge on any atom is 0.227 e. The van der Waals surface area contributed by atoms with Crippen LogP contribution in [0.2, 0.25) is 5.02 Å². The van der Waals surface area contributed by atoms with E-state index >= 15 is 0 Å². The van der Waals surface area contributed by atoms with Crippen molar-refractivity contribution in [2.24, 2.45) is 0 Å². The molecular formula is C12H14ClNO. The second-order valence-corrected chi connectivity index (χ2v) is 4.64. The highest BCUT2D eigenvalue weighted by atomic mass is 35.5. The van der Waals surface area contributed by atoms with Crippen molar-refractivity contribution in [3.63, 3.8) is 0 Å². The summed E-state index contributed by atoms with van der Waals surface area (Å²) in [4.78, 5) is 13.7. The normalized spacial score (nSPS) is 15.7. The van der Waals surface area contributed by atoms with Gasteiger partial charge < -0.3 is 4.90 Å². The highest BCUT2D eigenvalue weighted by Crippen LogP contribution is 2.24. The van der Waals surface area contributed by atoms with Crippen molar-refractivity contribution in [1.82, 2.24) is 4.90 Å². The largest absolute Gasteiger partial charge is 0.336 e. The Morgan fingerprint density at radius 2 is 2.07 bits per heavy atom. The number of hydrogen-bond donors (Lipinski definition) is 0. The predicted molar refractivity (Wildman–Crippen MR) is 60.8 cm³/mol. The molecule has 0 aliphatic carbocycles. The Labute approximate surface area is 94.8 Å². The Morgan fingerprint density at radius 3 is 2.73 bits per heavy atom. The standard InChI is InChI=1S/C12H14ClNO/c1-8(2)14-7-10-5-11(13)4-3-9(10)6-12(14)15/h3-5,8H,6-7H2,1-2H3. The lowest BCUT2D eigenvalue weighted by Crippen LogP contribution is -2.40. The van der Waals surface area contributed by atoms with E-state index in [-0.39, 0.29) is 11.9 Å². The van der Waals surface area contributed by atoms with Crippen LogP contribution in [0.1, 0.15) is 25.0 Å². The van der Waals surface area contributed by atoms with Gasteiger partial charge in [0, 0.05) is 17.6 Å². The average molecular weight is 224 g/mol. The van der Waals surface area contributed by atoms with Gasteiger partial charge in [-0.2, -0.15) is 0 Å². The van der Waals surface area contributed by atoms with Gasteiger partial charge in [0.15, 0.2) is 0 Å². The molecule has 0 radical (unpaired) electrons. The number of carbonyl (C=O) groups excluding carboxylic acids is 1. The van der Waals surface area contributed by atoms with Crippen molar-refractivity contribution < 1.29 is 4.79 Å². The van der Waals surface area contributed by atoms with E-state index in [1.54, 1.807) is 0 Å². The number of rotatable bonds is 1. The zero-order valence-electron chi connectivity index (χ0n) is 8.96. The number of fused-ring (bicyclic) bond motifs is 1. The van der Waals surface area contributed by atoms with Crippen LogP contribution in [0.4, 0.5) is 0 Å². The fourth-order valence-corrected chi connectivity index (χ4v) is 2.12. The van der Waals surface area contributed by atoms with Crippen LogP contribution in [0, 0.1) is 0 Å². The monoisotopic (exact) mass is 223 g/mol. The summed E-state index contributed by atoms with van der Waals surface area (Å²) < 4.78 is 0. The van der Waals surface area contributed by atoms with Gasteiger partial charge in [-0.3, -0.25) is 4.79 Å². The number of halogens is 1. The molecule has 1 aromatic carbocycles. The van der Waals surface area contributed by atoms with Crippen LogP contribution in [-0.2, 0) is 17.8 Å². The van der Waals surface area contributed by atoms with Crippen LogP contribution in [-0.4, -0.2) is 16.8 Å². The Hall–Kier alpha value is -1.02. The van der Waals surface area contributed by atoms with Gasteiger partial charge in [-0.25, -0.2) is 0 Å². The lowest BCUT2D eigenvalue weighted by atomic mass is 9.98. The molecule has 1 amide bonds. The molecule has 0 bridgehead atoms. The van der Waals surface area contributed by atoms with E-state index in [9.17, 15) is 4.79 Å². The number of hydrogen-bond acceptors (Lipinski definition) is 1. The van der Waals surface area contributed by atoms with Gasteiger partial charge in [-0.15, -0.1) is 0 Å². The summed E-state index contributed by atoms with van der Waals surface area (Å²) in [5.74, 6) is 0.208. The molecule has 15 heavy (non-hydrogen) atoms. The third kappa shape index (κ3) is 2.00. The maximum atomic E-state index is 11.8. The zero-order chi connectivity index (χ0) is 11.0. The molecule has 2 nitrogen and oxygen atoms in total. The zero-order valence-corrected chi connectivity index (χ0v) is 9.71. The van der Waals surface area contributed by atoms with Crippen LogP contribution >= 0.6 is 11.6 Å². The lowest BCUT2D eigenvalue weighted by molar-refractivity contribution is -0.133. The van der Waals surface area contributed by atoms with Gasteiger partial charge in [-0.05, 0) is 37.1 Å². The van der Waals surface area contributed by atoms with Gasteiger partial charge >= 0.3 is 0 Å². The first-order chi connectivity index (χ1) is 7.08. The SMILES string of the molecule is CC(C)N1Cc2cc(Cl)ccc2CC1=O. The molecule has 1 aromatic rings. The molecule has 3 heteroatoms. The van der Waals surface area contributed by atoms with Crippen molar-refractivity contribution >= 4 is 17.5 Å². The van der Waals surface area contributed by atoms with Crippen molar-refractivity contribution in [2.45, 2.75) is 32.9 Å². The highest BCUT2D eigenvalue weighted by Gasteiger charge is 2.24. The summed E-state index contributed by atoms with van der Waals surface area (Å²) in [6, 6.07) is 6.01. The molecule has 1 heterocycles. The summed E-state index contributed by atoms with van der Waals surface area (Å²) in [5.41, 5.74) is 2.29. The Morgan fingerprint density at radius 1 is 1.33 bits per heavy atom.